The molecule has 8 heteroatoms. The van der Waals surface area contributed by atoms with Gasteiger partial charge in [-0.3, -0.25) is 4.79 Å². The number of carbonyl (C=O) groups is 1. The number of pyridine rings is 1. The Balaban J connectivity index is 1.46. The number of anilines is 1. The summed E-state index contributed by atoms with van der Waals surface area (Å²) in [6.45, 7) is 2.37. The van der Waals surface area contributed by atoms with E-state index in [9.17, 15) is 14.0 Å². The number of H-pyrrole nitrogens is 1. The summed E-state index contributed by atoms with van der Waals surface area (Å²) in [7, 11) is 0. The zero-order valence-corrected chi connectivity index (χ0v) is 18.4. The number of aromatic amines is 1. The number of hydrogen-bond acceptors (Lipinski definition) is 4. The molecule has 2 amide bonds. The van der Waals surface area contributed by atoms with Crippen molar-refractivity contribution in [2.45, 2.75) is 20.0 Å². The number of ether oxygens (including phenoxy) is 2. The number of benzene rings is 3. The molecule has 0 saturated carbocycles. The Bertz CT molecular complexity index is 1430. The number of hydrogen-bond donors (Lipinski definition) is 2. The molecule has 0 fully saturated rings. The van der Waals surface area contributed by atoms with Gasteiger partial charge in [-0.1, -0.05) is 24.3 Å². The van der Waals surface area contributed by atoms with Gasteiger partial charge in [0.25, 0.3) is 5.56 Å². The molecule has 4 aromatic rings. The number of fused-ring (bicyclic) bond motifs is 2. The van der Waals surface area contributed by atoms with E-state index in [1.165, 1.54) is 29.2 Å². The number of halogens is 1. The van der Waals surface area contributed by atoms with Gasteiger partial charge in [0.15, 0.2) is 11.5 Å². The highest BCUT2D eigenvalue weighted by molar-refractivity contribution is 5.89. The van der Waals surface area contributed by atoms with E-state index in [1.807, 2.05) is 37.3 Å². The van der Waals surface area contributed by atoms with Gasteiger partial charge in [-0.25, -0.2) is 9.18 Å². The first-order valence-electron chi connectivity index (χ1n) is 10.8. The molecule has 2 heterocycles. The SMILES string of the molecule is Cc1cccc2cc(CN(Cc3ccc4c(c3)OCO4)C(=O)Nc3ccc(F)cc3)c(=O)[nH]c12. The van der Waals surface area contributed by atoms with Crippen molar-refractivity contribution in [3.8, 4) is 11.5 Å². The van der Waals surface area contributed by atoms with E-state index < -0.39 is 11.8 Å². The molecular weight excluding hydrogens is 437 g/mol. The van der Waals surface area contributed by atoms with E-state index in [1.54, 1.807) is 12.1 Å². The summed E-state index contributed by atoms with van der Waals surface area (Å²) in [4.78, 5) is 30.5. The second-order valence-corrected chi connectivity index (χ2v) is 8.14. The maximum atomic E-state index is 13.3. The van der Waals surface area contributed by atoms with Gasteiger partial charge in [0.05, 0.1) is 12.1 Å². The molecule has 0 radical (unpaired) electrons. The van der Waals surface area contributed by atoms with Crippen LogP contribution < -0.4 is 20.3 Å². The molecular formula is C26H22FN3O4. The lowest BCUT2D eigenvalue weighted by atomic mass is 10.1. The van der Waals surface area contributed by atoms with Crippen LogP contribution in [0.25, 0.3) is 10.9 Å². The highest BCUT2D eigenvalue weighted by Crippen LogP contribution is 2.33. The number of carbonyl (C=O) groups excluding carboxylic acids is 1. The molecule has 34 heavy (non-hydrogen) atoms. The zero-order chi connectivity index (χ0) is 23.7. The van der Waals surface area contributed by atoms with E-state index in [4.69, 9.17) is 9.47 Å². The first-order valence-corrected chi connectivity index (χ1v) is 10.8. The highest BCUT2D eigenvalue weighted by Gasteiger charge is 2.20. The topological polar surface area (TPSA) is 83.7 Å². The summed E-state index contributed by atoms with van der Waals surface area (Å²) in [5, 5.41) is 3.67. The van der Waals surface area contributed by atoms with Crippen LogP contribution in [0.2, 0.25) is 0 Å². The number of para-hydroxylation sites is 1. The summed E-state index contributed by atoms with van der Waals surface area (Å²) < 4.78 is 24.1. The van der Waals surface area contributed by atoms with Crippen molar-refractivity contribution in [1.29, 1.82) is 0 Å². The summed E-state index contributed by atoms with van der Waals surface area (Å²) in [6, 6.07) is 18.1. The van der Waals surface area contributed by atoms with Crippen LogP contribution in [0.5, 0.6) is 11.5 Å². The lowest BCUT2D eigenvalue weighted by Crippen LogP contribution is -2.35. The number of amides is 2. The molecule has 0 saturated heterocycles. The second-order valence-electron chi connectivity index (χ2n) is 8.14. The summed E-state index contributed by atoms with van der Waals surface area (Å²) in [5.74, 6) is 0.857. The van der Waals surface area contributed by atoms with Crippen molar-refractivity contribution < 1.29 is 18.7 Å². The van der Waals surface area contributed by atoms with Gasteiger partial charge < -0.3 is 24.7 Å². The van der Waals surface area contributed by atoms with Crippen LogP contribution in [0.4, 0.5) is 14.9 Å². The summed E-state index contributed by atoms with van der Waals surface area (Å²) >= 11 is 0. The van der Waals surface area contributed by atoms with E-state index in [0.717, 1.165) is 22.0 Å². The van der Waals surface area contributed by atoms with E-state index >= 15 is 0 Å². The van der Waals surface area contributed by atoms with Crippen LogP contribution in [0.3, 0.4) is 0 Å². The number of aryl methyl sites for hydroxylation is 1. The number of aromatic nitrogens is 1. The Kier molecular flexibility index (Phi) is 5.63. The smallest absolute Gasteiger partial charge is 0.322 e. The molecule has 0 atom stereocenters. The van der Waals surface area contributed by atoms with E-state index in [0.29, 0.717) is 22.7 Å². The minimum absolute atomic E-state index is 0.0701. The fourth-order valence-corrected chi connectivity index (χ4v) is 3.95. The Morgan fingerprint density at radius 3 is 2.65 bits per heavy atom. The highest BCUT2D eigenvalue weighted by atomic mass is 19.1. The average Bonchev–Trinajstić information content (AvgIpc) is 3.29. The van der Waals surface area contributed by atoms with Crippen molar-refractivity contribution in [1.82, 2.24) is 9.88 Å². The minimum atomic E-state index is -0.423. The normalized spacial score (nSPS) is 12.1. The lowest BCUT2D eigenvalue weighted by Gasteiger charge is -2.23. The van der Waals surface area contributed by atoms with Gasteiger partial charge in [-0.2, -0.15) is 0 Å². The predicted molar refractivity (Wildman–Crippen MR) is 127 cm³/mol. The van der Waals surface area contributed by atoms with Gasteiger partial charge >= 0.3 is 6.03 Å². The predicted octanol–water partition coefficient (Wildman–Crippen LogP) is 4.94. The van der Waals surface area contributed by atoms with Crippen molar-refractivity contribution in [3.05, 3.63) is 99.6 Å². The molecule has 0 spiro atoms. The molecule has 1 aromatic heterocycles. The minimum Gasteiger partial charge on any atom is -0.454 e. The summed E-state index contributed by atoms with van der Waals surface area (Å²) in [6.07, 6.45) is 0. The van der Waals surface area contributed by atoms with Gasteiger partial charge in [0.2, 0.25) is 6.79 Å². The van der Waals surface area contributed by atoms with Gasteiger partial charge in [-0.15, -0.1) is 0 Å². The largest absolute Gasteiger partial charge is 0.454 e. The maximum Gasteiger partial charge on any atom is 0.322 e. The Hall–Kier alpha value is -4.33. The first kappa shape index (κ1) is 21.5. The molecule has 0 aliphatic carbocycles. The standard InChI is InChI=1S/C26H22FN3O4/c1-16-3-2-4-18-12-19(25(31)29-24(16)18)14-30(26(32)28-21-8-6-20(27)7-9-21)13-17-5-10-22-23(11-17)34-15-33-22/h2-12H,13-15H2,1H3,(H,28,32)(H,29,31). The second kappa shape index (κ2) is 8.90. The molecule has 1 aliphatic heterocycles. The third-order valence-corrected chi connectivity index (χ3v) is 5.72. The van der Waals surface area contributed by atoms with Crippen molar-refractivity contribution in [2.24, 2.45) is 0 Å². The molecule has 2 N–H and O–H groups in total. The van der Waals surface area contributed by atoms with Crippen molar-refractivity contribution >= 4 is 22.6 Å². The van der Waals surface area contributed by atoms with Crippen LogP contribution in [0.1, 0.15) is 16.7 Å². The molecule has 5 rings (SSSR count). The first-order chi connectivity index (χ1) is 16.5. The zero-order valence-electron chi connectivity index (χ0n) is 18.4. The lowest BCUT2D eigenvalue weighted by molar-refractivity contribution is 0.174. The molecule has 3 aromatic carbocycles. The van der Waals surface area contributed by atoms with Crippen molar-refractivity contribution in [2.75, 3.05) is 12.1 Å². The fourth-order valence-electron chi connectivity index (χ4n) is 3.95. The third-order valence-electron chi connectivity index (χ3n) is 5.72. The molecule has 0 unspecified atom stereocenters. The number of nitrogens with one attached hydrogen (secondary N) is 2. The number of urea groups is 1. The van der Waals surface area contributed by atoms with E-state index in [2.05, 4.69) is 10.3 Å². The van der Waals surface area contributed by atoms with Crippen LogP contribution in [0, 0.1) is 12.7 Å². The molecule has 172 valence electrons. The number of rotatable bonds is 5. The van der Waals surface area contributed by atoms with Gasteiger partial charge in [0.1, 0.15) is 5.82 Å². The number of nitrogens with zero attached hydrogens (tertiary/aromatic N) is 1. The van der Waals surface area contributed by atoms with Crippen LogP contribution in [-0.2, 0) is 13.1 Å². The van der Waals surface area contributed by atoms with Gasteiger partial charge in [0, 0.05) is 17.8 Å². The molecule has 0 bridgehead atoms. The molecule has 7 nitrogen and oxygen atoms in total. The quantitative estimate of drug-likeness (QED) is 0.443. The fraction of sp³-hybridized carbons (Fsp3) is 0.154. The van der Waals surface area contributed by atoms with Crippen LogP contribution in [0.15, 0.2) is 71.5 Å². The average molecular weight is 459 g/mol. The molecule has 1 aliphatic rings. The third kappa shape index (κ3) is 4.43. The maximum absolute atomic E-state index is 13.3. The van der Waals surface area contributed by atoms with Crippen LogP contribution >= 0.6 is 0 Å². The van der Waals surface area contributed by atoms with Crippen molar-refractivity contribution in [3.63, 3.8) is 0 Å². The Labute approximate surface area is 194 Å². The summed E-state index contributed by atoms with van der Waals surface area (Å²) in [5.41, 5.74) is 3.19. The Morgan fingerprint density at radius 2 is 1.82 bits per heavy atom. The monoisotopic (exact) mass is 459 g/mol. The van der Waals surface area contributed by atoms with Gasteiger partial charge in [-0.05, 0) is 65.9 Å². The Morgan fingerprint density at radius 1 is 1.03 bits per heavy atom. The van der Waals surface area contributed by atoms with E-state index in [-0.39, 0.29) is 25.4 Å². The van der Waals surface area contributed by atoms with Crippen LogP contribution in [-0.4, -0.2) is 22.7 Å².